The molecule has 1 aromatic carbocycles. The van der Waals surface area contributed by atoms with Gasteiger partial charge < -0.3 is 10.2 Å². The van der Waals surface area contributed by atoms with Crippen LogP contribution in [0, 0.1) is 6.92 Å². The molecular weight excluding hydrogens is 348 g/mol. The highest BCUT2D eigenvalue weighted by atomic mass is 35.5. The first kappa shape index (κ1) is 20.5. The summed E-state index contributed by atoms with van der Waals surface area (Å²) in [6.07, 6.45) is 2.88. The van der Waals surface area contributed by atoms with Crippen molar-refractivity contribution >= 4 is 18.3 Å². The summed E-state index contributed by atoms with van der Waals surface area (Å²) in [5.41, 5.74) is 3.57. The second kappa shape index (κ2) is 8.23. The molecular formula is C20H29ClN4O. The maximum atomic E-state index is 13.2. The van der Waals surface area contributed by atoms with Crippen molar-refractivity contribution in [3.05, 3.63) is 47.3 Å². The number of carbonyl (C=O) groups excluding carboxylic acids is 1. The fourth-order valence-corrected chi connectivity index (χ4v) is 3.13. The maximum Gasteiger partial charge on any atom is 0.257 e. The normalized spacial score (nSPS) is 15.3. The molecule has 1 aliphatic rings. The lowest BCUT2D eigenvalue weighted by atomic mass is 9.89. The molecule has 26 heavy (non-hydrogen) atoms. The molecule has 142 valence electrons. The molecule has 0 atom stereocenters. The molecule has 1 N–H and O–H groups in total. The van der Waals surface area contributed by atoms with Crippen LogP contribution in [0.5, 0.6) is 0 Å². The minimum absolute atomic E-state index is 0. The molecule has 0 spiro atoms. The summed E-state index contributed by atoms with van der Waals surface area (Å²) in [5, 5.41) is 8.12. The number of halogens is 1. The van der Waals surface area contributed by atoms with Gasteiger partial charge in [-0.1, -0.05) is 38.5 Å². The fourth-order valence-electron chi connectivity index (χ4n) is 3.13. The van der Waals surface area contributed by atoms with Crippen molar-refractivity contribution < 1.29 is 4.79 Å². The summed E-state index contributed by atoms with van der Waals surface area (Å²) in [7, 11) is 0. The number of hydrogen-bond acceptors (Lipinski definition) is 3. The molecule has 2 heterocycles. The van der Waals surface area contributed by atoms with Crippen LogP contribution in [0.3, 0.4) is 0 Å². The second-order valence-electron chi connectivity index (χ2n) is 7.82. The van der Waals surface area contributed by atoms with E-state index in [0.29, 0.717) is 0 Å². The minimum Gasteiger partial charge on any atom is -0.337 e. The Bertz CT molecular complexity index is 738. The van der Waals surface area contributed by atoms with E-state index in [-0.39, 0.29) is 23.7 Å². The van der Waals surface area contributed by atoms with Crippen molar-refractivity contribution in [1.29, 1.82) is 0 Å². The highest BCUT2D eigenvalue weighted by Gasteiger charge is 2.29. The molecule has 2 aromatic rings. The van der Waals surface area contributed by atoms with E-state index in [1.165, 1.54) is 5.56 Å². The van der Waals surface area contributed by atoms with E-state index in [1.807, 2.05) is 27.9 Å². The summed E-state index contributed by atoms with van der Waals surface area (Å²) >= 11 is 0. The lowest BCUT2D eigenvalue weighted by Gasteiger charge is -2.22. The van der Waals surface area contributed by atoms with E-state index in [1.54, 1.807) is 0 Å². The zero-order chi connectivity index (χ0) is 18.0. The van der Waals surface area contributed by atoms with Crippen LogP contribution in [0.25, 0.3) is 5.69 Å². The van der Waals surface area contributed by atoms with Crippen molar-refractivity contribution in [3.8, 4) is 5.69 Å². The van der Waals surface area contributed by atoms with Crippen LogP contribution in [0.1, 0.15) is 48.8 Å². The monoisotopic (exact) mass is 376 g/mol. The number of rotatable bonds is 2. The molecule has 6 heteroatoms. The van der Waals surface area contributed by atoms with Gasteiger partial charge >= 0.3 is 0 Å². The van der Waals surface area contributed by atoms with Gasteiger partial charge in [0, 0.05) is 31.2 Å². The molecule has 3 rings (SSSR count). The summed E-state index contributed by atoms with van der Waals surface area (Å²) in [6, 6.07) is 8.21. The van der Waals surface area contributed by atoms with Crippen molar-refractivity contribution in [2.45, 2.75) is 39.5 Å². The third kappa shape index (κ3) is 4.46. The van der Waals surface area contributed by atoms with Gasteiger partial charge in [0.15, 0.2) is 0 Å². The van der Waals surface area contributed by atoms with Crippen LogP contribution in [-0.4, -0.2) is 46.8 Å². The molecule has 0 saturated carbocycles. The van der Waals surface area contributed by atoms with Crippen molar-refractivity contribution in [3.63, 3.8) is 0 Å². The Morgan fingerprint density at radius 3 is 2.46 bits per heavy atom. The van der Waals surface area contributed by atoms with Crippen LogP contribution in [-0.2, 0) is 5.41 Å². The van der Waals surface area contributed by atoms with E-state index in [4.69, 9.17) is 5.10 Å². The van der Waals surface area contributed by atoms with Gasteiger partial charge in [-0.05, 0) is 32.0 Å². The Labute approximate surface area is 162 Å². The van der Waals surface area contributed by atoms with Crippen LogP contribution in [0.4, 0.5) is 0 Å². The number of nitrogens with one attached hydrogen (secondary N) is 1. The Kier molecular flexibility index (Phi) is 6.48. The van der Waals surface area contributed by atoms with Crippen LogP contribution in [0.2, 0.25) is 0 Å². The largest absolute Gasteiger partial charge is 0.337 e. The van der Waals surface area contributed by atoms with E-state index in [0.717, 1.165) is 49.5 Å². The number of aryl methyl sites for hydroxylation is 1. The van der Waals surface area contributed by atoms with Gasteiger partial charge in [0.25, 0.3) is 5.91 Å². The number of benzene rings is 1. The maximum absolute atomic E-state index is 13.2. The Balaban J connectivity index is 0.00000243. The molecule has 0 aliphatic carbocycles. The summed E-state index contributed by atoms with van der Waals surface area (Å²) in [6.45, 7) is 11.8. The first-order valence-corrected chi connectivity index (χ1v) is 9.03. The Morgan fingerprint density at radius 1 is 1.12 bits per heavy atom. The van der Waals surface area contributed by atoms with Crippen molar-refractivity contribution in [2.75, 3.05) is 26.2 Å². The van der Waals surface area contributed by atoms with Gasteiger partial charge in [-0.2, -0.15) is 5.10 Å². The molecule has 0 bridgehead atoms. The average Bonchev–Trinajstić information content (AvgIpc) is 2.84. The van der Waals surface area contributed by atoms with E-state index >= 15 is 0 Å². The molecule has 0 radical (unpaired) electrons. The lowest BCUT2D eigenvalue weighted by molar-refractivity contribution is 0.0764. The number of amides is 1. The Hall–Kier alpha value is -1.85. The Morgan fingerprint density at radius 2 is 1.81 bits per heavy atom. The zero-order valence-electron chi connectivity index (χ0n) is 16.1. The highest BCUT2D eigenvalue weighted by Crippen LogP contribution is 2.27. The van der Waals surface area contributed by atoms with E-state index in [9.17, 15) is 4.79 Å². The highest BCUT2D eigenvalue weighted by molar-refractivity contribution is 5.95. The fraction of sp³-hybridized carbons (Fsp3) is 0.500. The molecule has 1 amide bonds. The first-order valence-electron chi connectivity index (χ1n) is 9.03. The van der Waals surface area contributed by atoms with Gasteiger partial charge in [0.05, 0.1) is 16.9 Å². The number of hydrogen-bond donors (Lipinski definition) is 1. The quantitative estimate of drug-likeness (QED) is 0.874. The van der Waals surface area contributed by atoms with Crippen LogP contribution >= 0.6 is 12.4 Å². The third-order valence-electron chi connectivity index (χ3n) is 4.58. The van der Waals surface area contributed by atoms with E-state index in [2.05, 4.69) is 45.1 Å². The average molecular weight is 377 g/mol. The van der Waals surface area contributed by atoms with Gasteiger partial charge in [0.2, 0.25) is 0 Å². The smallest absolute Gasteiger partial charge is 0.257 e. The number of nitrogens with zero attached hydrogens (tertiary/aromatic N) is 3. The summed E-state index contributed by atoms with van der Waals surface area (Å²) in [4.78, 5) is 15.1. The predicted octanol–water partition coefficient (Wildman–Crippen LogP) is 3.34. The summed E-state index contributed by atoms with van der Waals surface area (Å²) < 4.78 is 1.84. The van der Waals surface area contributed by atoms with Crippen molar-refractivity contribution in [1.82, 2.24) is 20.0 Å². The number of carbonyl (C=O) groups is 1. The molecule has 1 aromatic heterocycles. The van der Waals surface area contributed by atoms with Crippen LogP contribution < -0.4 is 5.32 Å². The topological polar surface area (TPSA) is 50.2 Å². The lowest BCUT2D eigenvalue weighted by Crippen LogP contribution is -2.35. The van der Waals surface area contributed by atoms with Crippen LogP contribution in [0.15, 0.2) is 30.5 Å². The SMILES string of the molecule is Cc1ccc(-n2cc(C(=O)N3CCCNCC3)c(C(C)(C)C)n2)cc1.Cl. The molecule has 1 fully saturated rings. The molecule has 0 unspecified atom stereocenters. The number of aromatic nitrogens is 2. The minimum atomic E-state index is -0.189. The molecule has 1 saturated heterocycles. The van der Waals surface area contributed by atoms with Gasteiger partial charge in [-0.15, -0.1) is 12.4 Å². The third-order valence-corrected chi connectivity index (χ3v) is 4.58. The zero-order valence-corrected chi connectivity index (χ0v) is 16.9. The second-order valence-corrected chi connectivity index (χ2v) is 7.82. The van der Waals surface area contributed by atoms with Crippen molar-refractivity contribution in [2.24, 2.45) is 0 Å². The van der Waals surface area contributed by atoms with Gasteiger partial charge in [0.1, 0.15) is 0 Å². The predicted molar refractivity (Wildman–Crippen MR) is 108 cm³/mol. The van der Waals surface area contributed by atoms with Gasteiger partial charge in [-0.25, -0.2) is 4.68 Å². The standard InChI is InChI=1S/C20H28N4O.ClH/c1-15-6-8-16(9-7-15)24-14-17(18(22-24)20(2,3)4)19(25)23-12-5-10-21-11-13-23;/h6-9,14,21H,5,10-13H2,1-4H3;1H. The van der Waals surface area contributed by atoms with E-state index < -0.39 is 0 Å². The first-order chi connectivity index (χ1) is 11.9. The molecule has 5 nitrogen and oxygen atoms in total. The summed E-state index contributed by atoms with van der Waals surface area (Å²) in [5.74, 6) is 0.0898. The molecule has 1 aliphatic heterocycles. The van der Waals surface area contributed by atoms with Gasteiger partial charge in [-0.3, -0.25) is 4.79 Å².